The predicted molar refractivity (Wildman–Crippen MR) is 130 cm³/mol. The van der Waals surface area contributed by atoms with Gasteiger partial charge in [-0.1, -0.05) is 36.7 Å². The molecule has 12 heteroatoms. The lowest BCUT2D eigenvalue weighted by atomic mass is 10.3. The number of halogens is 1. The Hall–Kier alpha value is -3.02. The number of rotatable bonds is 9. The maximum atomic E-state index is 13.1. The first-order valence-corrected chi connectivity index (χ1v) is 13.8. The SMILES string of the molecule is CCCS(=O)(=O)c1ncc(Cl)c(C(=O)Nc2ccc(S(=O)(=O)N(CC)c3ccccc3)cc2)n1. The molecule has 0 unspecified atom stereocenters. The van der Waals surface area contributed by atoms with Gasteiger partial charge in [-0.05, 0) is 49.7 Å². The smallest absolute Gasteiger partial charge is 0.275 e. The van der Waals surface area contributed by atoms with Gasteiger partial charge < -0.3 is 5.32 Å². The lowest BCUT2D eigenvalue weighted by Crippen LogP contribution is -2.30. The molecular weight excluding hydrogens is 500 g/mol. The van der Waals surface area contributed by atoms with Crippen LogP contribution in [0.5, 0.6) is 0 Å². The Kier molecular flexibility index (Phi) is 7.90. The van der Waals surface area contributed by atoms with Crippen LogP contribution in [-0.2, 0) is 19.9 Å². The highest BCUT2D eigenvalue weighted by Crippen LogP contribution is 2.25. The van der Waals surface area contributed by atoms with Crippen LogP contribution in [0, 0.1) is 0 Å². The van der Waals surface area contributed by atoms with Gasteiger partial charge in [-0.25, -0.2) is 26.8 Å². The van der Waals surface area contributed by atoms with E-state index in [4.69, 9.17) is 11.6 Å². The normalized spacial score (nSPS) is 11.7. The third-order valence-corrected chi connectivity index (χ3v) is 8.61. The van der Waals surface area contributed by atoms with Crippen molar-refractivity contribution in [1.29, 1.82) is 0 Å². The second kappa shape index (κ2) is 10.5. The van der Waals surface area contributed by atoms with Gasteiger partial charge in [0.2, 0.25) is 15.0 Å². The monoisotopic (exact) mass is 522 g/mol. The molecule has 0 atom stereocenters. The van der Waals surface area contributed by atoms with Crippen LogP contribution < -0.4 is 9.62 Å². The number of sulfonamides is 1. The van der Waals surface area contributed by atoms with Crippen molar-refractivity contribution in [2.75, 3.05) is 21.9 Å². The molecule has 180 valence electrons. The third-order valence-electron chi connectivity index (χ3n) is 4.72. The van der Waals surface area contributed by atoms with Crippen LogP contribution >= 0.6 is 11.6 Å². The van der Waals surface area contributed by atoms with Crippen LogP contribution in [0.15, 0.2) is 70.8 Å². The number of carbonyl (C=O) groups is 1. The van der Waals surface area contributed by atoms with E-state index < -0.39 is 30.9 Å². The molecule has 0 aliphatic carbocycles. The summed E-state index contributed by atoms with van der Waals surface area (Å²) >= 11 is 6.01. The van der Waals surface area contributed by atoms with E-state index >= 15 is 0 Å². The molecule has 34 heavy (non-hydrogen) atoms. The number of benzene rings is 2. The summed E-state index contributed by atoms with van der Waals surface area (Å²) in [5.74, 6) is -0.918. The summed E-state index contributed by atoms with van der Waals surface area (Å²) in [6.07, 6.45) is 1.43. The van der Waals surface area contributed by atoms with Crippen LogP contribution in [0.1, 0.15) is 30.8 Å². The van der Waals surface area contributed by atoms with E-state index in [0.29, 0.717) is 12.1 Å². The number of para-hydroxylation sites is 1. The summed E-state index contributed by atoms with van der Waals surface area (Å²) in [5, 5.41) is 1.95. The maximum absolute atomic E-state index is 13.1. The van der Waals surface area contributed by atoms with Gasteiger partial charge in [-0.3, -0.25) is 9.10 Å². The van der Waals surface area contributed by atoms with Crippen LogP contribution in [0.4, 0.5) is 11.4 Å². The van der Waals surface area contributed by atoms with Crippen molar-refractivity contribution in [2.45, 2.75) is 30.3 Å². The van der Waals surface area contributed by atoms with E-state index in [1.165, 1.54) is 28.6 Å². The van der Waals surface area contributed by atoms with Gasteiger partial charge in [0.05, 0.1) is 27.6 Å². The molecule has 0 aliphatic heterocycles. The van der Waals surface area contributed by atoms with Crippen molar-refractivity contribution >= 4 is 48.7 Å². The van der Waals surface area contributed by atoms with E-state index in [9.17, 15) is 21.6 Å². The molecule has 2 aromatic carbocycles. The first-order chi connectivity index (χ1) is 16.1. The Labute approximate surface area is 203 Å². The van der Waals surface area contributed by atoms with E-state index in [0.717, 1.165) is 6.20 Å². The molecule has 0 fully saturated rings. The van der Waals surface area contributed by atoms with Gasteiger partial charge in [0.15, 0.2) is 5.69 Å². The van der Waals surface area contributed by atoms with E-state index in [2.05, 4.69) is 15.3 Å². The first-order valence-electron chi connectivity index (χ1n) is 10.3. The molecule has 1 N–H and O–H groups in total. The topological polar surface area (TPSA) is 126 Å². The van der Waals surface area contributed by atoms with Gasteiger partial charge in [0.25, 0.3) is 15.9 Å². The van der Waals surface area contributed by atoms with Crippen LogP contribution in [0.3, 0.4) is 0 Å². The first kappa shape index (κ1) is 25.6. The highest BCUT2D eigenvalue weighted by atomic mass is 35.5. The molecule has 0 bridgehead atoms. The van der Waals surface area contributed by atoms with Gasteiger partial charge in [0.1, 0.15) is 0 Å². The zero-order valence-electron chi connectivity index (χ0n) is 18.5. The fraction of sp³-hybridized carbons (Fsp3) is 0.227. The Morgan fingerprint density at radius 1 is 1.00 bits per heavy atom. The molecule has 1 amide bonds. The summed E-state index contributed by atoms with van der Waals surface area (Å²) in [4.78, 5) is 20.3. The van der Waals surface area contributed by atoms with Gasteiger partial charge in [0, 0.05) is 12.2 Å². The Morgan fingerprint density at radius 2 is 1.65 bits per heavy atom. The zero-order valence-corrected chi connectivity index (χ0v) is 20.9. The minimum absolute atomic E-state index is 0.0456. The van der Waals surface area contributed by atoms with Crippen molar-refractivity contribution in [3.63, 3.8) is 0 Å². The van der Waals surface area contributed by atoms with E-state index in [1.807, 2.05) is 0 Å². The molecule has 1 heterocycles. The molecule has 3 aromatic rings. The third kappa shape index (κ3) is 5.54. The fourth-order valence-electron chi connectivity index (χ4n) is 3.13. The van der Waals surface area contributed by atoms with Crippen LogP contribution in [-0.4, -0.2) is 45.0 Å². The zero-order chi connectivity index (χ0) is 24.9. The predicted octanol–water partition coefficient (Wildman–Crippen LogP) is 3.78. The van der Waals surface area contributed by atoms with E-state index in [-0.39, 0.29) is 33.6 Å². The molecule has 3 rings (SSSR count). The standard InChI is InChI=1S/C22H23ClN4O5S2/c1-3-14-33(29,30)22-24-15-19(23)20(26-22)21(28)25-16-10-12-18(13-11-16)34(31,32)27(4-2)17-8-6-5-7-9-17/h5-13,15H,3-4,14H2,1-2H3,(H,25,28). The lowest BCUT2D eigenvalue weighted by molar-refractivity contribution is 0.102. The summed E-state index contributed by atoms with van der Waals surface area (Å²) in [5.41, 5.74) is 0.512. The Bertz CT molecular complexity index is 1380. The number of hydrogen-bond donors (Lipinski definition) is 1. The second-order valence-electron chi connectivity index (χ2n) is 7.15. The minimum atomic E-state index is -3.82. The number of sulfone groups is 1. The van der Waals surface area contributed by atoms with Gasteiger partial charge in [-0.15, -0.1) is 0 Å². The fourth-order valence-corrected chi connectivity index (χ4v) is 5.95. The molecule has 0 aliphatic rings. The number of hydrogen-bond acceptors (Lipinski definition) is 7. The van der Waals surface area contributed by atoms with Gasteiger partial charge >= 0.3 is 0 Å². The number of amides is 1. The molecule has 0 spiro atoms. The highest BCUT2D eigenvalue weighted by Gasteiger charge is 2.24. The van der Waals surface area contributed by atoms with Crippen molar-refractivity contribution in [1.82, 2.24) is 9.97 Å². The van der Waals surface area contributed by atoms with Crippen molar-refractivity contribution in [2.24, 2.45) is 0 Å². The van der Waals surface area contributed by atoms with Crippen LogP contribution in [0.25, 0.3) is 0 Å². The number of carbonyl (C=O) groups excluding carboxylic acids is 1. The highest BCUT2D eigenvalue weighted by molar-refractivity contribution is 7.92. The number of aromatic nitrogens is 2. The average molecular weight is 523 g/mol. The summed E-state index contributed by atoms with van der Waals surface area (Å²) in [6, 6.07) is 14.3. The van der Waals surface area contributed by atoms with Crippen molar-refractivity contribution in [3.8, 4) is 0 Å². The number of nitrogens with zero attached hydrogens (tertiary/aromatic N) is 3. The minimum Gasteiger partial charge on any atom is -0.321 e. The largest absolute Gasteiger partial charge is 0.321 e. The Balaban J connectivity index is 1.83. The summed E-state index contributed by atoms with van der Waals surface area (Å²) < 4.78 is 51.9. The summed E-state index contributed by atoms with van der Waals surface area (Å²) in [6.45, 7) is 3.67. The van der Waals surface area contributed by atoms with Gasteiger partial charge in [-0.2, -0.15) is 0 Å². The maximum Gasteiger partial charge on any atom is 0.275 e. The van der Waals surface area contributed by atoms with Crippen molar-refractivity contribution in [3.05, 3.63) is 71.5 Å². The second-order valence-corrected chi connectivity index (χ2v) is 11.4. The molecule has 0 saturated heterocycles. The van der Waals surface area contributed by atoms with Crippen molar-refractivity contribution < 1.29 is 21.6 Å². The molecular formula is C22H23ClN4O5S2. The summed E-state index contributed by atoms with van der Waals surface area (Å²) in [7, 11) is -7.57. The Morgan fingerprint density at radius 3 is 2.24 bits per heavy atom. The van der Waals surface area contributed by atoms with Crippen LogP contribution in [0.2, 0.25) is 5.02 Å². The number of anilines is 2. The lowest BCUT2D eigenvalue weighted by Gasteiger charge is -2.23. The van der Waals surface area contributed by atoms with E-state index in [1.54, 1.807) is 44.2 Å². The molecule has 9 nitrogen and oxygen atoms in total. The molecule has 0 radical (unpaired) electrons. The molecule has 0 saturated carbocycles. The average Bonchev–Trinajstić information content (AvgIpc) is 2.80. The molecule has 1 aromatic heterocycles. The quantitative estimate of drug-likeness (QED) is 0.424. The number of nitrogens with one attached hydrogen (secondary N) is 1.